The predicted molar refractivity (Wildman–Crippen MR) is 282 cm³/mol. The predicted octanol–water partition coefficient (Wildman–Crippen LogP) is 5.54. The molecule has 0 heterocycles. The van der Waals surface area contributed by atoms with Crippen LogP contribution in [0.3, 0.4) is 0 Å². The van der Waals surface area contributed by atoms with Crippen LogP contribution in [0, 0.1) is 0 Å². The number of amides is 1. The van der Waals surface area contributed by atoms with E-state index >= 15 is 0 Å². The zero-order valence-electron chi connectivity index (χ0n) is 36.3. The number of nitrogens with one attached hydrogen (secondary N) is 1. The number of ether oxygens (including phenoxy) is 1. The van der Waals surface area contributed by atoms with Crippen LogP contribution in [0.4, 0.5) is 0 Å². The number of benzene rings is 5. The summed E-state index contributed by atoms with van der Waals surface area (Å²) in [6.45, 7) is 4.05. The van der Waals surface area contributed by atoms with E-state index in [2.05, 4.69) is 43.2 Å². The van der Waals surface area contributed by atoms with Gasteiger partial charge in [0.05, 0.1) is 15.8 Å². The number of nitrogens with two attached hydrogens (primary N) is 3. The lowest BCUT2D eigenvalue weighted by Crippen LogP contribution is -2.50. The fraction of sp³-hybridized carbons (Fsp3) is 0.261. The monoisotopic (exact) mass is 1030 g/mol. The molecule has 5 aromatic rings. The minimum Gasteiger partial charge on any atom is -0.507 e. The number of esters is 1. The summed E-state index contributed by atoms with van der Waals surface area (Å²) in [5.41, 5.74) is 18.6. The molecule has 0 aliphatic heterocycles. The Morgan fingerprint density at radius 2 is 1.05 bits per heavy atom. The third-order valence-electron chi connectivity index (χ3n) is 8.37. The highest BCUT2D eigenvalue weighted by Crippen LogP contribution is 2.23. The number of carbonyl (C=O) groups is 4. The molecule has 0 radical (unpaired) electrons. The lowest BCUT2D eigenvalue weighted by atomic mass is 10.1. The number of phenolic OH excluding ortho intramolecular Hbond substituents is 2. The van der Waals surface area contributed by atoms with Crippen LogP contribution in [0.15, 0.2) is 148 Å². The van der Waals surface area contributed by atoms with Gasteiger partial charge < -0.3 is 47.7 Å². The molecule has 1 amide bonds. The lowest BCUT2D eigenvalue weighted by Gasteiger charge is -2.16. The van der Waals surface area contributed by atoms with Crippen LogP contribution < -0.4 is 27.3 Å². The molecule has 0 aromatic heterocycles. The molecular weight excluding hydrogens is 977 g/mol. The number of hydrogen-bond acceptors (Lipinski definition) is 15. The zero-order chi connectivity index (χ0) is 49.6. The summed E-state index contributed by atoms with van der Waals surface area (Å²) in [4.78, 5) is 46.8. The number of aliphatic carboxylic acids is 2. The number of phenols is 2. The molecule has 66 heavy (non-hydrogen) atoms. The second-order valence-corrected chi connectivity index (χ2v) is 20.4. The smallest absolute Gasteiger partial charge is 0.328 e. The van der Waals surface area contributed by atoms with Gasteiger partial charge >= 0.3 is 17.9 Å². The van der Waals surface area contributed by atoms with E-state index in [4.69, 9.17) is 59.6 Å². The van der Waals surface area contributed by atoms with Crippen LogP contribution in [0.5, 0.6) is 17.2 Å². The molecule has 0 saturated heterocycles. The summed E-state index contributed by atoms with van der Waals surface area (Å²) in [5, 5.41) is 37.3. The van der Waals surface area contributed by atoms with Gasteiger partial charge in [0, 0.05) is 16.4 Å². The second-order valence-electron chi connectivity index (χ2n) is 13.4. The summed E-state index contributed by atoms with van der Waals surface area (Å²) in [7, 11) is -0.573. The van der Waals surface area contributed by atoms with E-state index in [-0.39, 0.29) is 36.2 Å². The minimum absolute atomic E-state index is 0.0269. The van der Waals surface area contributed by atoms with Crippen molar-refractivity contribution in [2.75, 3.05) is 23.0 Å². The average Bonchev–Trinajstić information content (AvgIpc) is 3.32. The van der Waals surface area contributed by atoms with Crippen LogP contribution in [-0.4, -0.2) is 91.4 Å². The van der Waals surface area contributed by atoms with E-state index < -0.39 is 48.0 Å². The van der Waals surface area contributed by atoms with Crippen molar-refractivity contribution in [3.63, 3.8) is 0 Å². The van der Waals surface area contributed by atoms with Crippen molar-refractivity contribution in [1.82, 2.24) is 5.32 Å². The fourth-order valence-corrected chi connectivity index (χ4v) is 7.90. The van der Waals surface area contributed by atoms with Crippen molar-refractivity contribution in [3.8, 4) is 17.2 Å². The van der Waals surface area contributed by atoms with Crippen LogP contribution >= 0.6 is 37.9 Å². The molecule has 5 rings (SSSR count). The van der Waals surface area contributed by atoms with Gasteiger partial charge in [-0.25, -0.2) is 9.59 Å². The quantitative estimate of drug-likeness (QED) is 0.0331. The lowest BCUT2D eigenvalue weighted by molar-refractivity contribution is -0.141. The summed E-state index contributed by atoms with van der Waals surface area (Å²) in [5.74, 6) is 0.00103. The Balaban J connectivity index is 0.000000441. The van der Waals surface area contributed by atoms with Crippen molar-refractivity contribution in [1.29, 1.82) is 0 Å². The standard InChI is InChI=1S/C17H19NO2S2.C12H16N2O3S.C8H10OS2.C6H6OS.C3H7NO2S/c1-2-22(21)16-11-7-6-10-15(16)20-17(19)14(18)12-13-8-4-3-5-9-13;13-9(6-8-4-2-1-3-5-8)11(15)14-10(7-18)12(16)17;1-2-11(10)8-6-4-3-5-7(8)9;7-5-3-1-2-4-6(5)8;4-2(1-7)3(5)6/h3-11,14H,2,12,18H2,1H3;1-5,9-10,18H,6-7,13H2,(H,14,15)(H,16,17);3-6,9H,2H2,1H3;1-4,7-8H;2,7H,1,4H2,(H,5,6)/t14-,22?;9-,10-;;;2-/m00..0/s1. The van der Waals surface area contributed by atoms with Crippen LogP contribution in [0.1, 0.15) is 25.0 Å². The Morgan fingerprint density at radius 3 is 1.45 bits per heavy atom. The molecule has 13 nitrogen and oxygen atoms in total. The highest BCUT2D eigenvalue weighted by atomic mass is 32.8. The molecule has 0 bridgehead atoms. The first-order valence-electron chi connectivity index (χ1n) is 20.0. The Bertz CT molecular complexity index is 2260. The highest BCUT2D eigenvalue weighted by Gasteiger charge is 2.22. The summed E-state index contributed by atoms with van der Waals surface area (Å²) in [6.07, 6.45) is 0.820. The maximum Gasteiger partial charge on any atom is 0.328 e. The molecule has 0 fully saturated rings. The van der Waals surface area contributed by atoms with Gasteiger partial charge in [0.15, 0.2) is 0 Å². The Labute approximate surface area is 417 Å². The first-order chi connectivity index (χ1) is 31.4. The van der Waals surface area contributed by atoms with Gasteiger partial charge in [-0.1, -0.05) is 130 Å². The third-order valence-corrected chi connectivity index (χ3v) is 14.7. The molecule has 0 spiro atoms. The van der Waals surface area contributed by atoms with Crippen LogP contribution in [0.2, 0.25) is 0 Å². The Kier molecular flexibility index (Phi) is 30.8. The van der Waals surface area contributed by atoms with Gasteiger partial charge in [-0.05, 0) is 94.2 Å². The number of para-hydroxylation sites is 3. The Hall–Kier alpha value is -4.35. The topological polar surface area (TPSA) is 249 Å². The SMILES string of the molecule is CCS(=S)c1ccccc1O.CCS(=S)c1ccccc1OC(=O)[C@@H](N)Cc1ccccc1.N[C@@H](CS)C(=O)O.N[C@@H](Cc1ccccc1)C(=O)N[C@@H](CS)C(=O)O.Oc1ccccc1S. The maximum atomic E-state index is 12.2. The van der Waals surface area contributed by atoms with Crippen LogP contribution in [0.25, 0.3) is 0 Å². The average molecular weight is 1040 g/mol. The molecule has 11 N–H and O–H groups in total. The molecule has 20 heteroatoms. The second kappa shape index (κ2) is 34.0. The molecule has 0 aliphatic rings. The van der Waals surface area contributed by atoms with Gasteiger partial charge in [0.1, 0.15) is 35.4 Å². The molecule has 6 atom stereocenters. The van der Waals surface area contributed by atoms with Crippen molar-refractivity contribution >= 4 is 103 Å². The minimum atomic E-state index is -1.12. The maximum absolute atomic E-state index is 12.2. The van der Waals surface area contributed by atoms with Gasteiger partial charge in [0.2, 0.25) is 5.91 Å². The number of thiol groups is 3. The number of carbonyl (C=O) groups excluding carboxylic acids is 2. The van der Waals surface area contributed by atoms with Crippen LogP contribution in [-0.2, 0) is 73.3 Å². The largest absolute Gasteiger partial charge is 0.507 e. The van der Waals surface area contributed by atoms with Crippen molar-refractivity contribution < 1.29 is 44.3 Å². The van der Waals surface area contributed by atoms with Gasteiger partial charge in [-0.15, -0.1) is 12.6 Å². The zero-order valence-corrected chi connectivity index (χ0v) is 42.2. The van der Waals surface area contributed by atoms with Crippen molar-refractivity contribution in [2.24, 2.45) is 17.2 Å². The van der Waals surface area contributed by atoms with E-state index in [0.29, 0.717) is 29.2 Å². The number of hydrogen-bond donors (Lipinski definition) is 11. The first-order valence-corrected chi connectivity index (χ1v) is 26.4. The molecule has 5 aromatic carbocycles. The number of carboxylic acids is 2. The molecule has 0 aliphatic carbocycles. The molecule has 2 unspecified atom stereocenters. The summed E-state index contributed by atoms with van der Waals surface area (Å²) >= 11 is 22.0. The van der Waals surface area contributed by atoms with E-state index in [1.807, 2.05) is 111 Å². The van der Waals surface area contributed by atoms with Gasteiger partial charge in [-0.3, -0.25) is 9.59 Å². The van der Waals surface area contributed by atoms with E-state index in [9.17, 15) is 24.3 Å². The Morgan fingerprint density at radius 1 is 0.606 bits per heavy atom. The van der Waals surface area contributed by atoms with Crippen molar-refractivity contribution in [3.05, 3.63) is 145 Å². The normalized spacial score (nSPS) is 12.8. The van der Waals surface area contributed by atoms with Gasteiger partial charge in [-0.2, -0.15) is 25.3 Å². The van der Waals surface area contributed by atoms with E-state index in [1.165, 1.54) is 0 Å². The number of carboxylic acid groups (broad SMARTS) is 2. The summed E-state index contributed by atoms with van der Waals surface area (Å²) < 4.78 is 5.48. The summed E-state index contributed by atoms with van der Waals surface area (Å²) in [6, 6.07) is 37.3. The highest BCUT2D eigenvalue weighted by molar-refractivity contribution is 8.29. The van der Waals surface area contributed by atoms with Gasteiger partial charge in [0.25, 0.3) is 0 Å². The molecule has 0 saturated carbocycles. The number of rotatable bonds is 16. The first kappa shape index (κ1) is 59.7. The van der Waals surface area contributed by atoms with E-state index in [0.717, 1.165) is 32.4 Å². The number of aromatic hydroxyl groups is 2. The third kappa shape index (κ3) is 23.9. The molecular formula is C46H58N4O9S7. The van der Waals surface area contributed by atoms with Crippen molar-refractivity contribution in [2.45, 2.75) is 65.5 Å². The fourth-order valence-electron chi connectivity index (χ4n) is 4.79. The van der Waals surface area contributed by atoms with E-state index in [1.54, 1.807) is 36.4 Å². The molecule has 358 valence electrons.